The van der Waals surface area contributed by atoms with Crippen LogP contribution >= 0.6 is 11.6 Å². The molecule has 0 saturated carbocycles. The lowest BCUT2D eigenvalue weighted by atomic mass is 9.95. The smallest absolute Gasteiger partial charge is 0.162 e. The Labute approximate surface area is 117 Å². The maximum atomic E-state index is 5.90. The Hall–Kier alpha value is -1.66. The lowest BCUT2D eigenvalue weighted by molar-refractivity contribution is 0.542. The first-order chi connectivity index (χ1) is 8.82. The largest absolute Gasteiger partial charge is 0.308 e. The second-order valence-corrected chi connectivity index (χ2v) is 5.78. The van der Waals surface area contributed by atoms with Gasteiger partial charge in [-0.25, -0.2) is 20.5 Å². The van der Waals surface area contributed by atoms with E-state index in [1.807, 2.05) is 27.7 Å². The number of hydrazine groups is 1. The molecule has 0 aromatic carbocycles. The van der Waals surface area contributed by atoms with Gasteiger partial charge in [-0.1, -0.05) is 32.4 Å². The third-order valence-corrected chi connectivity index (χ3v) is 2.89. The van der Waals surface area contributed by atoms with Gasteiger partial charge < -0.3 is 5.43 Å². The van der Waals surface area contributed by atoms with Crippen molar-refractivity contribution in [2.45, 2.75) is 33.1 Å². The zero-order valence-electron chi connectivity index (χ0n) is 11.4. The second kappa shape index (κ2) is 4.79. The molecule has 0 aliphatic heterocycles. The van der Waals surface area contributed by atoms with Crippen molar-refractivity contribution in [1.29, 1.82) is 0 Å². The average molecular weight is 281 g/mol. The molecule has 0 radical (unpaired) electrons. The standard InChI is InChI=1S/C12H17ClN6/c1-7-9(18-14)16-11(12(2,3)4)17-10(7)19-6-8(13)5-15-19/h5-6H,14H2,1-4H3,(H,16,17,18). The molecule has 2 rings (SSSR count). The predicted octanol–water partition coefficient (Wildman–Crippen LogP) is 2.21. The van der Waals surface area contributed by atoms with Crippen LogP contribution in [-0.4, -0.2) is 19.7 Å². The maximum absolute atomic E-state index is 5.90. The molecule has 0 spiro atoms. The summed E-state index contributed by atoms with van der Waals surface area (Å²) in [5.74, 6) is 7.46. The van der Waals surface area contributed by atoms with E-state index in [4.69, 9.17) is 17.4 Å². The number of nitrogens with two attached hydrogens (primary N) is 1. The highest BCUT2D eigenvalue weighted by molar-refractivity contribution is 6.30. The van der Waals surface area contributed by atoms with Gasteiger partial charge >= 0.3 is 0 Å². The first-order valence-electron chi connectivity index (χ1n) is 5.89. The van der Waals surface area contributed by atoms with E-state index in [2.05, 4.69) is 20.5 Å². The van der Waals surface area contributed by atoms with Crippen molar-refractivity contribution in [3.8, 4) is 5.82 Å². The summed E-state index contributed by atoms with van der Waals surface area (Å²) in [6.45, 7) is 8.00. The minimum absolute atomic E-state index is 0.189. The van der Waals surface area contributed by atoms with Gasteiger partial charge in [0.25, 0.3) is 0 Å². The Bertz CT molecular complexity index is 599. The van der Waals surface area contributed by atoms with Gasteiger partial charge in [0.05, 0.1) is 17.4 Å². The summed E-state index contributed by atoms with van der Waals surface area (Å²) >= 11 is 5.90. The molecule has 0 atom stereocenters. The fraction of sp³-hybridized carbons (Fsp3) is 0.417. The highest BCUT2D eigenvalue weighted by atomic mass is 35.5. The number of halogens is 1. The molecule has 19 heavy (non-hydrogen) atoms. The minimum Gasteiger partial charge on any atom is -0.308 e. The molecule has 2 aromatic heterocycles. The van der Waals surface area contributed by atoms with Crippen molar-refractivity contribution in [3.63, 3.8) is 0 Å². The quantitative estimate of drug-likeness (QED) is 0.651. The lowest BCUT2D eigenvalue weighted by Crippen LogP contribution is -2.21. The van der Waals surface area contributed by atoms with Crippen molar-refractivity contribution < 1.29 is 0 Å². The topological polar surface area (TPSA) is 81.6 Å². The van der Waals surface area contributed by atoms with E-state index >= 15 is 0 Å². The van der Waals surface area contributed by atoms with Gasteiger partial charge in [0.2, 0.25) is 0 Å². The Morgan fingerprint density at radius 3 is 2.47 bits per heavy atom. The zero-order valence-corrected chi connectivity index (χ0v) is 12.2. The molecule has 0 unspecified atom stereocenters. The van der Waals surface area contributed by atoms with Crippen molar-refractivity contribution in [2.24, 2.45) is 5.84 Å². The highest BCUT2D eigenvalue weighted by Crippen LogP contribution is 2.25. The Balaban J connectivity index is 2.65. The van der Waals surface area contributed by atoms with Crippen LogP contribution in [0.15, 0.2) is 12.4 Å². The van der Waals surface area contributed by atoms with Crippen LogP contribution in [0, 0.1) is 6.92 Å². The zero-order chi connectivity index (χ0) is 14.2. The van der Waals surface area contributed by atoms with Crippen molar-refractivity contribution in [1.82, 2.24) is 19.7 Å². The van der Waals surface area contributed by atoms with Gasteiger partial charge in [-0.05, 0) is 6.92 Å². The monoisotopic (exact) mass is 280 g/mol. The molecule has 102 valence electrons. The van der Waals surface area contributed by atoms with E-state index in [-0.39, 0.29) is 5.41 Å². The number of rotatable bonds is 2. The maximum Gasteiger partial charge on any atom is 0.162 e. The molecule has 0 aliphatic rings. The first kappa shape index (κ1) is 13.8. The molecular formula is C12H17ClN6. The summed E-state index contributed by atoms with van der Waals surface area (Å²) in [7, 11) is 0. The number of aromatic nitrogens is 4. The van der Waals surface area contributed by atoms with Gasteiger partial charge in [0, 0.05) is 11.0 Å². The third kappa shape index (κ3) is 2.69. The number of anilines is 1. The normalized spacial score (nSPS) is 11.7. The molecule has 0 saturated heterocycles. The second-order valence-electron chi connectivity index (χ2n) is 5.34. The Morgan fingerprint density at radius 1 is 1.32 bits per heavy atom. The molecule has 2 aromatic rings. The summed E-state index contributed by atoms with van der Waals surface area (Å²) in [5.41, 5.74) is 3.23. The van der Waals surface area contributed by atoms with Crippen LogP contribution in [-0.2, 0) is 5.41 Å². The number of hydrogen-bond acceptors (Lipinski definition) is 5. The molecular weight excluding hydrogens is 264 g/mol. The summed E-state index contributed by atoms with van der Waals surface area (Å²) in [6, 6.07) is 0. The Kier molecular flexibility index (Phi) is 3.47. The van der Waals surface area contributed by atoms with E-state index in [0.29, 0.717) is 22.5 Å². The van der Waals surface area contributed by atoms with Crippen LogP contribution in [0.25, 0.3) is 5.82 Å². The summed E-state index contributed by atoms with van der Waals surface area (Å²) in [6.07, 6.45) is 3.26. The molecule has 0 amide bonds. The summed E-state index contributed by atoms with van der Waals surface area (Å²) < 4.78 is 1.62. The van der Waals surface area contributed by atoms with Crippen LogP contribution < -0.4 is 11.3 Å². The van der Waals surface area contributed by atoms with Crippen LogP contribution in [0.2, 0.25) is 5.02 Å². The third-order valence-electron chi connectivity index (χ3n) is 2.70. The fourth-order valence-corrected chi connectivity index (χ4v) is 1.76. The van der Waals surface area contributed by atoms with Crippen LogP contribution in [0.1, 0.15) is 32.2 Å². The first-order valence-corrected chi connectivity index (χ1v) is 6.27. The summed E-state index contributed by atoms with van der Waals surface area (Å²) in [5, 5.41) is 4.72. The molecule has 2 heterocycles. The van der Waals surface area contributed by atoms with Gasteiger partial charge in [0.15, 0.2) is 5.82 Å². The Morgan fingerprint density at radius 2 is 2.00 bits per heavy atom. The van der Waals surface area contributed by atoms with Gasteiger partial charge in [-0.3, -0.25) is 0 Å². The minimum atomic E-state index is -0.189. The summed E-state index contributed by atoms with van der Waals surface area (Å²) in [4.78, 5) is 9.00. The number of hydrogen-bond donors (Lipinski definition) is 2. The molecule has 0 bridgehead atoms. The average Bonchev–Trinajstić information content (AvgIpc) is 2.74. The van der Waals surface area contributed by atoms with E-state index < -0.39 is 0 Å². The lowest BCUT2D eigenvalue weighted by Gasteiger charge is -2.20. The van der Waals surface area contributed by atoms with E-state index in [9.17, 15) is 0 Å². The number of nitrogens with one attached hydrogen (secondary N) is 1. The van der Waals surface area contributed by atoms with Crippen molar-refractivity contribution in [3.05, 3.63) is 28.8 Å². The van der Waals surface area contributed by atoms with E-state index in [0.717, 1.165) is 5.56 Å². The fourth-order valence-electron chi connectivity index (χ4n) is 1.62. The molecule has 0 aliphatic carbocycles. The SMILES string of the molecule is Cc1c(NN)nc(C(C)(C)C)nc1-n1cc(Cl)cn1. The molecule has 7 heteroatoms. The molecule has 3 N–H and O–H groups in total. The number of nitrogens with zero attached hydrogens (tertiary/aromatic N) is 4. The van der Waals surface area contributed by atoms with E-state index in [1.165, 1.54) is 0 Å². The van der Waals surface area contributed by atoms with Crippen LogP contribution in [0.4, 0.5) is 5.82 Å². The van der Waals surface area contributed by atoms with Gasteiger partial charge in [-0.15, -0.1) is 0 Å². The predicted molar refractivity (Wildman–Crippen MR) is 75.4 cm³/mol. The molecule has 6 nitrogen and oxygen atoms in total. The van der Waals surface area contributed by atoms with E-state index in [1.54, 1.807) is 17.1 Å². The van der Waals surface area contributed by atoms with Crippen molar-refractivity contribution in [2.75, 3.05) is 5.43 Å². The highest BCUT2D eigenvalue weighted by Gasteiger charge is 2.21. The molecule has 0 fully saturated rings. The van der Waals surface area contributed by atoms with Gasteiger partial charge in [0.1, 0.15) is 11.6 Å². The van der Waals surface area contributed by atoms with Crippen molar-refractivity contribution >= 4 is 17.4 Å². The van der Waals surface area contributed by atoms with Gasteiger partial charge in [-0.2, -0.15) is 5.10 Å². The van der Waals surface area contributed by atoms with Crippen LogP contribution in [0.5, 0.6) is 0 Å². The number of nitrogen functional groups attached to an aromatic ring is 1. The van der Waals surface area contributed by atoms with Crippen LogP contribution in [0.3, 0.4) is 0 Å².